The number of hydrogen-bond acceptors (Lipinski definition) is 2. The van der Waals surface area contributed by atoms with E-state index >= 15 is 0 Å². The Kier molecular flexibility index (Phi) is 2.50. The van der Waals surface area contributed by atoms with E-state index in [1.807, 2.05) is 19.9 Å². The van der Waals surface area contributed by atoms with Gasteiger partial charge < -0.3 is 5.32 Å². The van der Waals surface area contributed by atoms with Crippen molar-refractivity contribution in [1.82, 2.24) is 10.2 Å². The first-order valence-corrected chi connectivity index (χ1v) is 5.45. The maximum atomic E-state index is 12.0. The fourth-order valence-corrected chi connectivity index (χ4v) is 2.21. The number of amides is 3. The van der Waals surface area contributed by atoms with Crippen molar-refractivity contribution in [3.05, 3.63) is 11.8 Å². The van der Waals surface area contributed by atoms with Crippen LogP contribution in [0, 0.1) is 5.92 Å². The van der Waals surface area contributed by atoms with Gasteiger partial charge in [0.1, 0.15) is 0 Å². The third kappa shape index (κ3) is 1.64. The largest absolute Gasteiger partial charge is 0.328 e. The highest BCUT2D eigenvalue weighted by molar-refractivity contribution is 6.01. The highest BCUT2D eigenvalue weighted by atomic mass is 16.2. The summed E-state index contributed by atoms with van der Waals surface area (Å²) in [4.78, 5) is 25.0. The monoisotopic (exact) mass is 208 g/mol. The van der Waals surface area contributed by atoms with Crippen LogP contribution in [0.4, 0.5) is 4.79 Å². The Balaban J connectivity index is 2.28. The molecule has 0 aromatic carbocycles. The van der Waals surface area contributed by atoms with Crippen molar-refractivity contribution in [2.45, 2.75) is 39.2 Å². The van der Waals surface area contributed by atoms with Crippen molar-refractivity contribution in [3.8, 4) is 0 Å². The lowest BCUT2D eigenvalue weighted by Crippen LogP contribution is -2.56. The van der Waals surface area contributed by atoms with Crippen LogP contribution in [0.3, 0.4) is 0 Å². The van der Waals surface area contributed by atoms with Crippen molar-refractivity contribution in [1.29, 1.82) is 0 Å². The molecule has 0 bridgehead atoms. The smallest absolute Gasteiger partial charge is 0.311 e. The van der Waals surface area contributed by atoms with Crippen LogP contribution in [0.15, 0.2) is 11.8 Å². The number of rotatable bonds is 1. The number of nitrogens with zero attached hydrogens (tertiary/aromatic N) is 1. The van der Waals surface area contributed by atoms with E-state index in [2.05, 4.69) is 5.32 Å². The molecule has 1 saturated heterocycles. The Bertz CT molecular complexity index is 333. The predicted molar refractivity (Wildman–Crippen MR) is 55.9 cm³/mol. The molecule has 1 unspecified atom stereocenters. The van der Waals surface area contributed by atoms with Crippen LogP contribution in [0.2, 0.25) is 0 Å². The predicted octanol–water partition coefficient (Wildman–Crippen LogP) is 1.63. The normalized spacial score (nSPS) is 26.2. The van der Waals surface area contributed by atoms with Crippen LogP contribution in [0.25, 0.3) is 0 Å². The molecule has 0 aromatic heterocycles. The van der Waals surface area contributed by atoms with Crippen LogP contribution >= 0.6 is 0 Å². The number of carbonyl (C=O) groups is 2. The first kappa shape index (κ1) is 10.2. The maximum absolute atomic E-state index is 12.0. The SMILES string of the molecule is CC(C)N1C(=O)NC2=CCCCC2C1=O. The molecule has 2 aliphatic rings. The summed E-state index contributed by atoms with van der Waals surface area (Å²) in [6, 6.07) is -0.347. The minimum absolute atomic E-state index is 0.0419. The van der Waals surface area contributed by atoms with E-state index in [1.54, 1.807) is 0 Å². The van der Waals surface area contributed by atoms with Gasteiger partial charge in [-0.05, 0) is 33.1 Å². The number of allylic oxidation sites excluding steroid dienone is 1. The first-order chi connectivity index (χ1) is 7.11. The molecule has 1 N–H and O–H groups in total. The van der Waals surface area contributed by atoms with Crippen molar-refractivity contribution >= 4 is 11.9 Å². The number of imide groups is 1. The summed E-state index contributed by atoms with van der Waals surface area (Å²) in [6.45, 7) is 3.71. The second kappa shape index (κ2) is 3.68. The molecule has 4 heteroatoms. The van der Waals surface area contributed by atoms with Gasteiger partial charge in [-0.25, -0.2) is 4.79 Å². The van der Waals surface area contributed by atoms with Gasteiger partial charge in [0, 0.05) is 11.7 Å². The van der Waals surface area contributed by atoms with E-state index in [-0.39, 0.29) is 23.9 Å². The molecule has 0 spiro atoms. The Morgan fingerprint density at radius 1 is 1.47 bits per heavy atom. The van der Waals surface area contributed by atoms with Gasteiger partial charge in [-0.1, -0.05) is 6.08 Å². The number of nitrogens with one attached hydrogen (secondary N) is 1. The Morgan fingerprint density at radius 2 is 2.20 bits per heavy atom. The summed E-state index contributed by atoms with van der Waals surface area (Å²) in [6.07, 6.45) is 4.82. The maximum Gasteiger partial charge on any atom is 0.328 e. The number of carbonyl (C=O) groups excluding carboxylic acids is 2. The van der Waals surface area contributed by atoms with E-state index in [0.29, 0.717) is 0 Å². The first-order valence-electron chi connectivity index (χ1n) is 5.45. The minimum atomic E-state index is -0.278. The van der Waals surface area contributed by atoms with E-state index < -0.39 is 0 Å². The van der Waals surface area contributed by atoms with Gasteiger partial charge in [0.25, 0.3) is 0 Å². The lowest BCUT2D eigenvalue weighted by Gasteiger charge is -2.37. The summed E-state index contributed by atoms with van der Waals surface area (Å²) >= 11 is 0. The number of hydrogen-bond donors (Lipinski definition) is 1. The highest BCUT2D eigenvalue weighted by Crippen LogP contribution is 2.28. The fraction of sp³-hybridized carbons (Fsp3) is 0.636. The van der Waals surface area contributed by atoms with Crippen LogP contribution in [0.1, 0.15) is 33.1 Å². The molecule has 0 saturated carbocycles. The molecular weight excluding hydrogens is 192 g/mol. The van der Waals surface area contributed by atoms with E-state index in [9.17, 15) is 9.59 Å². The van der Waals surface area contributed by atoms with Crippen molar-refractivity contribution in [2.75, 3.05) is 0 Å². The fourth-order valence-electron chi connectivity index (χ4n) is 2.21. The number of fused-ring (bicyclic) bond motifs is 1. The topological polar surface area (TPSA) is 49.4 Å². The van der Waals surface area contributed by atoms with Crippen LogP contribution in [0.5, 0.6) is 0 Å². The molecule has 0 radical (unpaired) electrons. The lowest BCUT2D eigenvalue weighted by atomic mass is 9.89. The van der Waals surface area contributed by atoms with Gasteiger partial charge in [0.15, 0.2) is 0 Å². The minimum Gasteiger partial charge on any atom is -0.311 e. The molecule has 82 valence electrons. The molecule has 3 amide bonds. The van der Waals surface area contributed by atoms with Crippen LogP contribution < -0.4 is 5.32 Å². The molecule has 4 nitrogen and oxygen atoms in total. The van der Waals surface area contributed by atoms with E-state index in [0.717, 1.165) is 25.0 Å². The molecule has 15 heavy (non-hydrogen) atoms. The summed E-state index contributed by atoms with van der Waals surface area (Å²) < 4.78 is 0. The van der Waals surface area contributed by atoms with Crippen molar-refractivity contribution < 1.29 is 9.59 Å². The number of urea groups is 1. The quantitative estimate of drug-likeness (QED) is 0.712. The van der Waals surface area contributed by atoms with Gasteiger partial charge in [-0.2, -0.15) is 0 Å². The second-order valence-corrected chi connectivity index (χ2v) is 4.38. The standard InChI is InChI=1S/C11H16N2O2/c1-7(2)13-10(14)8-5-3-4-6-9(8)12-11(13)15/h6-8H,3-5H2,1-2H3,(H,12,15). The molecule has 1 aliphatic heterocycles. The van der Waals surface area contributed by atoms with Gasteiger partial charge in [-0.3, -0.25) is 9.69 Å². The van der Waals surface area contributed by atoms with Crippen molar-refractivity contribution in [2.24, 2.45) is 5.92 Å². The molecule has 1 fully saturated rings. The average molecular weight is 208 g/mol. The average Bonchev–Trinajstić information content (AvgIpc) is 2.17. The molecular formula is C11H16N2O2. The zero-order valence-corrected chi connectivity index (χ0v) is 9.12. The zero-order valence-electron chi connectivity index (χ0n) is 9.12. The van der Waals surface area contributed by atoms with Gasteiger partial charge in [-0.15, -0.1) is 0 Å². The van der Waals surface area contributed by atoms with Gasteiger partial charge in [0.05, 0.1) is 5.92 Å². The highest BCUT2D eigenvalue weighted by Gasteiger charge is 2.39. The van der Waals surface area contributed by atoms with E-state index in [1.165, 1.54) is 4.90 Å². The second-order valence-electron chi connectivity index (χ2n) is 4.38. The third-order valence-electron chi connectivity index (χ3n) is 2.96. The van der Waals surface area contributed by atoms with E-state index in [4.69, 9.17) is 0 Å². The summed E-state index contributed by atoms with van der Waals surface area (Å²) in [5.41, 5.74) is 0.813. The zero-order chi connectivity index (χ0) is 11.0. The summed E-state index contributed by atoms with van der Waals surface area (Å²) in [5.74, 6) is -0.154. The van der Waals surface area contributed by atoms with Crippen LogP contribution in [-0.4, -0.2) is 22.9 Å². The van der Waals surface area contributed by atoms with Gasteiger partial charge >= 0.3 is 6.03 Å². The van der Waals surface area contributed by atoms with Crippen LogP contribution in [-0.2, 0) is 4.79 Å². The Hall–Kier alpha value is -1.32. The molecule has 1 atom stereocenters. The molecule has 2 rings (SSSR count). The lowest BCUT2D eigenvalue weighted by molar-refractivity contribution is -0.134. The molecule has 0 aromatic rings. The van der Waals surface area contributed by atoms with Crippen molar-refractivity contribution in [3.63, 3.8) is 0 Å². The molecule has 1 aliphatic carbocycles. The Labute approximate surface area is 89.3 Å². The Morgan fingerprint density at radius 3 is 2.87 bits per heavy atom. The summed E-state index contributed by atoms with van der Waals surface area (Å²) in [7, 11) is 0. The molecule has 1 heterocycles. The summed E-state index contributed by atoms with van der Waals surface area (Å²) in [5, 5.41) is 2.81. The van der Waals surface area contributed by atoms with Gasteiger partial charge in [0.2, 0.25) is 5.91 Å². The third-order valence-corrected chi connectivity index (χ3v) is 2.96.